The highest BCUT2D eigenvalue weighted by atomic mass is 32.2. The average Bonchev–Trinajstić information content (AvgIpc) is 2.65. The molecule has 144 valence electrons. The number of carbonyl (C=O) groups is 1. The van der Waals surface area contributed by atoms with E-state index in [1.54, 1.807) is 19.1 Å². The zero-order chi connectivity index (χ0) is 20.3. The van der Waals surface area contributed by atoms with Crippen LogP contribution < -0.4 is 10.0 Å². The molecule has 2 aromatic carbocycles. The molecule has 1 aromatic heterocycles. The van der Waals surface area contributed by atoms with Crippen LogP contribution in [-0.2, 0) is 10.0 Å². The molecule has 1 heterocycles. The molecule has 2 N–H and O–H groups in total. The summed E-state index contributed by atoms with van der Waals surface area (Å²) in [6.07, 6.45) is 2.89. The van der Waals surface area contributed by atoms with Crippen molar-refractivity contribution < 1.29 is 13.2 Å². The molecule has 0 atom stereocenters. The van der Waals surface area contributed by atoms with Gasteiger partial charge in [-0.3, -0.25) is 14.5 Å². The number of nitrogens with one attached hydrogen (secondary N) is 2. The highest BCUT2D eigenvalue weighted by Crippen LogP contribution is 2.20. The van der Waals surface area contributed by atoms with Crippen molar-refractivity contribution in [1.82, 2.24) is 9.97 Å². The number of benzene rings is 2. The first kappa shape index (κ1) is 19.5. The monoisotopic (exact) mass is 396 g/mol. The molecule has 1 amide bonds. The van der Waals surface area contributed by atoms with E-state index < -0.39 is 15.9 Å². The molecule has 0 aliphatic heterocycles. The largest absolute Gasteiger partial charge is 0.321 e. The van der Waals surface area contributed by atoms with Crippen LogP contribution in [-0.4, -0.2) is 24.3 Å². The van der Waals surface area contributed by atoms with E-state index in [1.165, 1.54) is 36.7 Å². The Hall–Kier alpha value is -3.26. The topological polar surface area (TPSA) is 101 Å². The van der Waals surface area contributed by atoms with Gasteiger partial charge in [-0.1, -0.05) is 6.07 Å². The summed E-state index contributed by atoms with van der Waals surface area (Å²) in [5.74, 6) is -0.420. The smallest absolute Gasteiger partial charge is 0.275 e. The van der Waals surface area contributed by atoms with Crippen molar-refractivity contribution in [2.24, 2.45) is 0 Å². The SMILES string of the molecule is Cc1cnc(C(=O)Nc2ccc(S(=O)(=O)Nc3ccc(C)c(C)c3)cc2)cn1. The van der Waals surface area contributed by atoms with Gasteiger partial charge in [0, 0.05) is 17.6 Å². The van der Waals surface area contributed by atoms with E-state index in [1.807, 2.05) is 19.9 Å². The number of aromatic nitrogens is 2. The zero-order valence-electron chi connectivity index (χ0n) is 15.7. The predicted molar refractivity (Wildman–Crippen MR) is 108 cm³/mol. The van der Waals surface area contributed by atoms with Crippen molar-refractivity contribution in [1.29, 1.82) is 0 Å². The van der Waals surface area contributed by atoms with Crippen LogP contribution in [0.3, 0.4) is 0 Å². The van der Waals surface area contributed by atoms with Gasteiger partial charge >= 0.3 is 0 Å². The summed E-state index contributed by atoms with van der Waals surface area (Å²) >= 11 is 0. The lowest BCUT2D eigenvalue weighted by Gasteiger charge is -2.11. The number of aryl methyl sites for hydroxylation is 3. The van der Waals surface area contributed by atoms with Gasteiger partial charge in [0.25, 0.3) is 15.9 Å². The standard InChI is InChI=1S/C20H20N4O3S/c1-13-4-5-17(10-14(13)2)24-28(26,27)18-8-6-16(7-9-18)23-20(25)19-12-21-15(3)11-22-19/h4-12,24H,1-3H3,(H,23,25). The third kappa shape index (κ3) is 4.52. The Bertz CT molecular complexity index is 1110. The number of hydrogen-bond donors (Lipinski definition) is 2. The van der Waals surface area contributed by atoms with E-state index in [-0.39, 0.29) is 10.6 Å². The van der Waals surface area contributed by atoms with Gasteiger partial charge in [-0.25, -0.2) is 13.4 Å². The van der Waals surface area contributed by atoms with Crippen LogP contribution in [0.1, 0.15) is 27.3 Å². The van der Waals surface area contributed by atoms with Crippen LogP contribution in [0.4, 0.5) is 11.4 Å². The lowest BCUT2D eigenvalue weighted by Crippen LogP contribution is -2.15. The van der Waals surface area contributed by atoms with Gasteiger partial charge in [-0.2, -0.15) is 0 Å². The first-order valence-corrected chi connectivity index (χ1v) is 10.0. The fraction of sp³-hybridized carbons (Fsp3) is 0.150. The lowest BCUT2D eigenvalue weighted by atomic mass is 10.1. The van der Waals surface area contributed by atoms with E-state index in [4.69, 9.17) is 0 Å². The summed E-state index contributed by atoms with van der Waals surface area (Å²) in [7, 11) is -3.73. The van der Waals surface area contributed by atoms with Crippen molar-refractivity contribution in [3.8, 4) is 0 Å². The maximum atomic E-state index is 12.6. The molecule has 0 bridgehead atoms. The molecular formula is C20H20N4O3S. The Kier molecular flexibility index (Phi) is 5.41. The maximum absolute atomic E-state index is 12.6. The van der Waals surface area contributed by atoms with Gasteiger partial charge in [0.1, 0.15) is 5.69 Å². The molecule has 0 unspecified atom stereocenters. The Morgan fingerprint density at radius 1 is 0.857 bits per heavy atom. The van der Waals surface area contributed by atoms with Gasteiger partial charge < -0.3 is 5.32 Å². The maximum Gasteiger partial charge on any atom is 0.275 e. The molecule has 0 aliphatic rings. The van der Waals surface area contributed by atoms with Gasteiger partial charge in [0.2, 0.25) is 0 Å². The first-order chi connectivity index (χ1) is 13.2. The number of carbonyl (C=O) groups excluding carboxylic acids is 1. The van der Waals surface area contributed by atoms with Crippen molar-refractivity contribution >= 4 is 27.3 Å². The third-order valence-corrected chi connectivity index (χ3v) is 5.59. The second-order valence-electron chi connectivity index (χ2n) is 6.43. The molecule has 0 spiro atoms. The Morgan fingerprint density at radius 2 is 1.54 bits per heavy atom. The molecule has 0 saturated carbocycles. The highest BCUT2D eigenvalue weighted by molar-refractivity contribution is 7.92. The number of amides is 1. The van der Waals surface area contributed by atoms with Crippen LogP contribution in [0.2, 0.25) is 0 Å². The molecular weight excluding hydrogens is 376 g/mol. The number of anilines is 2. The van der Waals surface area contributed by atoms with Crippen LogP contribution in [0.5, 0.6) is 0 Å². The predicted octanol–water partition coefficient (Wildman–Crippen LogP) is 3.45. The van der Waals surface area contributed by atoms with Crippen molar-refractivity contribution in [3.63, 3.8) is 0 Å². The minimum atomic E-state index is -3.73. The number of rotatable bonds is 5. The summed E-state index contributed by atoms with van der Waals surface area (Å²) in [4.78, 5) is 20.3. The number of sulfonamides is 1. The van der Waals surface area contributed by atoms with Crippen LogP contribution >= 0.6 is 0 Å². The molecule has 8 heteroatoms. The summed E-state index contributed by atoms with van der Waals surface area (Å²) < 4.78 is 27.7. The normalized spacial score (nSPS) is 11.1. The third-order valence-electron chi connectivity index (χ3n) is 4.20. The average molecular weight is 396 g/mol. The van der Waals surface area contributed by atoms with Crippen LogP contribution in [0, 0.1) is 20.8 Å². The van der Waals surface area contributed by atoms with Gasteiger partial charge in [-0.05, 0) is 68.3 Å². The Labute approximate surface area is 163 Å². The van der Waals surface area contributed by atoms with E-state index in [9.17, 15) is 13.2 Å². The van der Waals surface area contributed by atoms with E-state index in [2.05, 4.69) is 20.0 Å². The molecule has 0 aliphatic carbocycles. The van der Waals surface area contributed by atoms with Crippen molar-refractivity contribution in [3.05, 3.63) is 77.4 Å². The van der Waals surface area contributed by atoms with Gasteiger partial charge in [0.15, 0.2) is 0 Å². The van der Waals surface area contributed by atoms with Crippen molar-refractivity contribution in [2.75, 3.05) is 10.0 Å². The minimum absolute atomic E-state index is 0.0962. The van der Waals surface area contributed by atoms with E-state index >= 15 is 0 Å². The summed E-state index contributed by atoms with van der Waals surface area (Å²) in [6.45, 7) is 5.66. The highest BCUT2D eigenvalue weighted by Gasteiger charge is 2.15. The quantitative estimate of drug-likeness (QED) is 0.688. The summed E-state index contributed by atoms with van der Waals surface area (Å²) in [5.41, 5.74) is 3.93. The molecule has 28 heavy (non-hydrogen) atoms. The second-order valence-corrected chi connectivity index (χ2v) is 8.11. The van der Waals surface area contributed by atoms with E-state index in [0.717, 1.165) is 11.1 Å². The second kappa shape index (κ2) is 7.77. The fourth-order valence-corrected chi connectivity index (χ4v) is 3.49. The van der Waals surface area contributed by atoms with Crippen molar-refractivity contribution in [2.45, 2.75) is 25.7 Å². The molecule has 3 aromatic rings. The number of hydrogen-bond acceptors (Lipinski definition) is 5. The zero-order valence-corrected chi connectivity index (χ0v) is 16.5. The van der Waals surface area contributed by atoms with E-state index in [0.29, 0.717) is 17.1 Å². The first-order valence-electron chi connectivity index (χ1n) is 8.55. The van der Waals surface area contributed by atoms with Gasteiger partial charge in [-0.15, -0.1) is 0 Å². The molecule has 0 fully saturated rings. The van der Waals surface area contributed by atoms with Gasteiger partial charge in [0.05, 0.1) is 16.8 Å². The van der Waals surface area contributed by atoms with Crippen LogP contribution in [0.25, 0.3) is 0 Å². The Morgan fingerprint density at radius 3 is 2.14 bits per heavy atom. The van der Waals surface area contributed by atoms with Crippen LogP contribution in [0.15, 0.2) is 59.8 Å². The summed E-state index contributed by atoms with van der Waals surface area (Å²) in [6, 6.07) is 11.3. The number of nitrogens with zero attached hydrogens (tertiary/aromatic N) is 2. The molecule has 0 saturated heterocycles. The Balaban J connectivity index is 1.72. The lowest BCUT2D eigenvalue weighted by molar-refractivity contribution is 0.102. The molecule has 3 rings (SSSR count). The minimum Gasteiger partial charge on any atom is -0.321 e. The molecule has 7 nitrogen and oxygen atoms in total. The molecule has 0 radical (unpaired) electrons. The fourth-order valence-electron chi connectivity index (χ4n) is 2.44. The summed E-state index contributed by atoms with van der Waals surface area (Å²) in [5, 5.41) is 2.66.